The molecule has 1 saturated carbocycles. The van der Waals surface area contributed by atoms with Crippen LogP contribution in [0.1, 0.15) is 24.0 Å². The summed E-state index contributed by atoms with van der Waals surface area (Å²) in [5.41, 5.74) is 6.98. The number of nitriles is 1. The first-order valence-electron chi connectivity index (χ1n) is 6.24. The molecule has 1 aromatic carbocycles. The molecule has 96 valence electrons. The second-order valence-corrected chi connectivity index (χ2v) is 5.02. The van der Waals surface area contributed by atoms with E-state index in [1.807, 2.05) is 13.1 Å². The van der Waals surface area contributed by atoms with Crippen LogP contribution in [-0.2, 0) is 6.54 Å². The van der Waals surface area contributed by atoms with E-state index in [-0.39, 0.29) is 5.82 Å². The summed E-state index contributed by atoms with van der Waals surface area (Å²) >= 11 is 0. The summed E-state index contributed by atoms with van der Waals surface area (Å²) in [5, 5.41) is 8.82. The average Bonchev–Trinajstić information content (AvgIpc) is 3.13. The summed E-state index contributed by atoms with van der Waals surface area (Å²) in [4.78, 5) is 2.16. The molecule has 1 aliphatic rings. The number of hydrogen-bond acceptors (Lipinski definition) is 3. The Hall–Kier alpha value is -1.44. The lowest BCUT2D eigenvalue weighted by Crippen LogP contribution is -2.39. The van der Waals surface area contributed by atoms with Crippen LogP contribution in [0.15, 0.2) is 18.2 Å². The number of rotatable bonds is 5. The van der Waals surface area contributed by atoms with Gasteiger partial charge in [0.25, 0.3) is 0 Å². The van der Waals surface area contributed by atoms with E-state index in [0.717, 1.165) is 5.56 Å². The van der Waals surface area contributed by atoms with Crippen molar-refractivity contribution < 1.29 is 4.39 Å². The Morgan fingerprint density at radius 1 is 1.50 bits per heavy atom. The van der Waals surface area contributed by atoms with Gasteiger partial charge in [-0.15, -0.1) is 0 Å². The third kappa shape index (κ3) is 3.06. The van der Waals surface area contributed by atoms with Gasteiger partial charge in [0.15, 0.2) is 0 Å². The van der Waals surface area contributed by atoms with Crippen LogP contribution in [0.2, 0.25) is 0 Å². The van der Waals surface area contributed by atoms with Crippen molar-refractivity contribution in [1.82, 2.24) is 4.90 Å². The van der Waals surface area contributed by atoms with Gasteiger partial charge in [-0.3, -0.25) is 4.90 Å². The molecule has 1 atom stereocenters. The molecule has 0 heterocycles. The zero-order chi connectivity index (χ0) is 13.1. The number of nitrogens with zero attached hydrogens (tertiary/aromatic N) is 2. The highest BCUT2D eigenvalue weighted by molar-refractivity contribution is 5.33. The van der Waals surface area contributed by atoms with E-state index in [1.165, 1.54) is 25.0 Å². The van der Waals surface area contributed by atoms with Crippen molar-refractivity contribution in [3.8, 4) is 6.07 Å². The Kier molecular flexibility index (Phi) is 3.95. The highest BCUT2D eigenvalue weighted by Crippen LogP contribution is 2.34. The van der Waals surface area contributed by atoms with Crippen LogP contribution in [0.25, 0.3) is 0 Å². The average molecular weight is 247 g/mol. The maximum atomic E-state index is 13.3. The van der Waals surface area contributed by atoms with Crippen LogP contribution < -0.4 is 5.73 Å². The lowest BCUT2D eigenvalue weighted by molar-refractivity contribution is 0.215. The normalized spacial score (nSPS) is 16.6. The first kappa shape index (κ1) is 13.0. The van der Waals surface area contributed by atoms with Crippen molar-refractivity contribution in [2.24, 2.45) is 11.7 Å². The summed E-state index contributed by atoms with van der Waals surface area (Å²) < 4.78 is 13.3. The van der Waals surface area contributed by atoms with Crippen molar-refractivity contribution in [2.75, 3.05) is 13.6 Å². The maximum Gasteiger partial charge on any atom is 0.124 e. The molecule has 4 heteroatoms. The molecule has 0 bridgehead atoms. The van der Waals surface area contributed by atoms with Gasteiger partial charge in [0.1, 0.15) is 5.82 Å². The van der Waals surface area contributed by atoms with Gasteiger partial charge in [-0.25, -0.2) is 4.39 Å². The van der Waals surface area contributed by atoms with Crippen LogP contribution in [0.4, 0.5) is 4.39 Å². The van der Waals surface area contributed by atoms with Crippen LogP contribution in [-0.4, -0.2) is 24.5 Å². The molecule has 18 heavy (non-hydrogen) atoms. The molecule has 2 N–H and O–H groups in total. The predicted octanol–water partition coefficient (Wildman–Crippen LogP) is 1.87. The Bertz CT molecular complexity index is 463. The minimum atomic E-state index is -0.354. The molecule has 1 fully saturated rings. The van der Waals surface area contributed by atoms with Crippen LogP contribution >= 0.6 is 0 Å². The van der Waals surface area contributed by atoms with Gasteiger partial charge in [-0.05, 0) is 49.6 Å². The smallest absolute Gasteiger partial charge is 0.124 e. The Morgan fingerprint density at radius 2 is 2.22 bits per heavy atom. The van der Waals surface area contributed by atoms with Gasteiger partial charge in [-0.1, -0.05) is 0 Å². The molecule has 0 spiro atoms. The maximum absolute atomic E-state index is 13.3. The van der Waals surface area contributed by atoms with Gasteiger partial charge in [0.2, 0.25) is 0 Å². The fourth-order valence-corrected chi connectivity index (χ4v) is 2.42. The molecule has 1 unspecified atom stereocenters. The summed E-state index contributed by atoms with van der Waals surface area (Å²) in [5.74, 6) is 0.331. The molecular weight excluding hydrogens is 229 g/mol. The Labute approximate surface area is 107 Å². The van der Waals surface area contributed by atoms with E-state index in [2.05, 4.69) is 4.90 Å². The van der Waals surface area contributed by atoms with Crippen LogP contribution in [0.5, 0.6) is 0 Å². The predicted molar refractivity (Wildman–Crippen MR) is 68.1 cm³/mol. The number of hydrogen-bond donors (Lipinski definition) is 1. The molecule has 0 amide bonds. The highest BCUT2D eigenvalue weighted by Gasteiger charge is 2.32. The van der Waals surface area contributed by atoms with Gasteiger partial charge < -0.3 is 5.73 Å². The van der Waals surface area contributed by atoms with E-state index >= 15 is 0 Å². The fraction of sp³-hybridized carbons (Fsp3) is 0.500. The number of benzene rings is 1. The molecule has 1 aliphatic carbocycles. The highest BCUT2D eigenvalue weighted by atomic mass is 19.1. The fourth-order valence-electron chi connectivity index (χ4n) is 2.42. The second kappa shape index (κ2) is 5.47. The van der Waals surface area contributed by atoms with Crippen molar-refractivity contribution in [2.45, 2.75) is 25.4 Å². The zero-order valence-electron chi connectivity index (χ0n) is 10.6. The van der Waals surface area contributed by atoms with Crippen molar-refractivity contribution in [3.05, 3.63) is 35.1 Å². The third-order valence-corrected chi connectivity index (χ3v) is 3.49. The largest absolute Gasteiger partial charge is 0.329 e. The molecule has 0 aliphatic heterocycles. The lowest BCUT2D eigenvalue weighted by atomic mass is 10.1. The summed E-state index contributed by atoms with van der Waals surface area (Å²) in [6, 6.07) is 6.81. The number of likely N-dealkylation sites (N-methyl/N-ethyl adjacent to an activating group) is 1. The van der Waals surface area contributed by atoms with E-state index < -0.39 is 0 Å². The zero-order valence-corrected chi connectivity index (χ0v) is 10.6. The standard InChI is InChI=1S/C14H18FN3/c1-18(14(8-17)12-2-3-12)9-11-4-10(7-16)5-13(15)6-11/h4-6,12,14H,2-3,8-9,17H2,1H3. The number of halogens is 1. The summed E-state index contributed by atoms with van der Waals surface area (Å²) in [6.45, 7) is 1.26. The van der Waals surface area contributed by atoms with Gasteiger partial charge in [0, 0.05) is 19.1 Å². The van der Waals surface area contributed by atoms with E-state index in [9.17, 15) is 4.39 Å². The van der Waals surface area contributed by atoms with Gasteiger partial charge in [0.05, 0.1) is 11.6 Å². The Balaban J connectivity index is 2.08. The SMILES string of the molecule is CN(Cc1cc(F)cc(C#N)c1)C(CN)C1CC1. The van der Waals surface area contributed by atoms with Gasteiger partial charge >= 0.3 is 0 Å². The van der Waals surface area contributed by atoms with Crippen molar-refractivity contribution >= 4 is 0 Å². The Morgan fingerprint density at radius 3 is 2.78 bits per heavy atom. The quantitative estimate of drug-likeness (QED) is 0.864. The monoisotopic (exact) mass is 247 g/mol. The van der Waals surface area contributed by atoms with Crippen molar-refractivity contribution in [1.29, 1.82) is 5.26 Å². The molecule has 2 rings (SSSR count). The summed E-state index contributed by atoms with van der Waals surface area (Å²) in [7, 11) is 2.01. The van der Waals surface area contributed by atoms with E-state index in [4.69, 9.17) is 11.0 Å². The molecule has 0 aromatic heterocycles. The second-order valence-electron chi connectivity index (χ2n) is 5.02. The number of nitrogens with two attached hydrogens (primary N) is 1. The molecule has 0 radical (unpaired) electrons. The van der Waals surface area contributed by atoms with Crippen molar-refractivity contribution in [3.63, 3.8) is 0 Å². The first-order valence-corrected chi connectivity index (χ1v) is 6.24. The van der Waals surface area contributed by atoms with Crippen LogP contribution in [0.3, 0.4) is 0 Å². The van der Waals surface area contributed by atoms with E-state index in [1.54, 1.807) is 6.07 Å². The molecule has 1 aromatic rings. The van der Waals surface area contributed by atoms with Crippen LogP contribution in [0, 0.1) is 23.1 Å². The minimum absolute atomic E-state index is 0.354. The first-order chi connectivity index (χ1) is 8.63. The van der Waals surface area contributed by atoms with Gasteiger partial charge in [-0.2, -0.15) is 5.26 Å². The minimum Gasteiger partial charge on any atom is -0.329 e. The molecular formula is C14H18FN3. The third-order valence-electron chi connectivity index (χ3n) is 3.49. The molecule has 0 saturated heterocycles. The topological polar surface area (TPSA) is 53.0 Å². The summed E-state index contributed by atoms with van der Waals surface area (Å²) in [6.07, 6.45) is 2.47. The molecule has 3 nitrogen and oxygen atoms in total. The lowest BCUT2D eigenvalue weighted by Gasteiger charge is -2.27. The van der Waals surface area contributed by atoms with E-state index in [0.29, 0.717) is 30.6 Å².